The molecular weight excluding hydrogens is 274 g/mol. The van der Waals surface area contributed by atoms with E-state index in [2.05, 4.69) is 26.7 Å². The lowest BCUT2D eigenvalue weighted by atomic mass is 9.98. The molecule has 0 saturated heterocycles. The van der Waals surface area contributed by atoms with E-state index in [-0.39, 0.29) is 6.04 Å². The third-order valence-electron chi connectivity index (χ3n) is 3.54. The Morgan fingerprint density at radius 1 is 1.25 bits per heavy atom. The number of hydrogen-bond donors (Lipinski definition) is 1. The minimum atomic E-state index is 0.143. The molecule has 0 aliphatic carbocycles. The molecule has 0 saturated carbocycles. The van der Waals surface area contributed by atoms with E-state index in [1.165, 1.54) is 0 Å². The van der Waals surface area contributed by atoms with Gasteiger partial charge in [0.2, 0.25) is 0 Å². The van der Waals surface area contributed by atoms with Crippen molar-refractivity contribution in [3.05, 3.63) is 39.4 Å². The molecule has 2 heterocycles. The molecule has 108 valence electrons. The van der Waals surface area contributed by atoms with Crippen LogP contribution >= 0.6 is 11.6 Å². The van der Waals surface area contributed by atoms with Crippen LogP contribution in [0.5, 0.6) is 0 Å². The average molecular weight is 294 g/mol. The van der Waals surface area contributed by atoms with Gasteiger partial charge in [-0.1, -0.05) is 11.6 Å². The topological polar surface area (TPSA) is 55.6 Å². The Labute approximate surface area is 124 Å². The molecule has 6 heteroatoms. The van der Waals surface area contributed by atoms with Gasteiger partial charge in [-0.15, -0.1) is 0 Å². The van der Waals surface area contributed by atoms with Gasteiger partial charge in [0.25, 0.3) is 0 Å². The summed E-state index contributed by atoms with van der Waals surface area (Å²) in [6, 6.07) is 2.22. The maximum Gasteiger partial charge on any atom is 0.130 e. The summed E-state index contributed by atoms with van der Waals surface area (Å²) in [5.41, 5.74) is 5.04. The Bertz CT molecular complexity index is 620. The van der Waals surface area contributed by atoms with Gasteiger partial charge in [0.1, 0.15) is 5.15 Å². The number of hydrogen-bond acceptors (Lipinski definition) is 4. The van der Waals surface area contributed by atoms with Crippen molar-refractivity contribution in [2.24, 2.45) is 7.05 Å². The zero-order valence-corrected chi connectivity index (χ0v) is 13.3. The van der Waals surface area contributed by atoms with Crippen molar-refractivity contribution in [2.45, 2.75) is 33.2 Å². The summed E-state index contributed by atoms with van der Waals surface area (Å²) in [5.74, 6) is 0. The van der Waals surface area contributed by atoms with E-state index in [4.69, 9.17) is 11.6 Å². The molecular formula is C14H20ClN5. The fourth-order valence-corrected chi connectivity index (χ4v) is 2.65. The van der Waals surface area contributed by atoms with E-state index in [0.29, 0.717) is 5.15 Å². The van der Waals surface area contributed by atoms with Crippen LogP contribution < -0.4 is 5.32 Å². The van der Waals surface area contributed by atoms with E-state index >= 15 is 0 Å². The van der Waals surface area contributed by atoms with E-state index in [1.807, 2.05) is 34.9 Å². The van der Waals surface area contributed by atoms with Gasteiger partial charge in [-0.05, 0) is 45.9 Å². The number of nitrogens with zero attached hydrogens (tertiary/aromatic N) is 4. The first-order valence-corrected chi connectivity index (χ1v) is 6.98. The van der Waals surface area contributed by atoms with E-state index in [9.17, 15) is 0 Å². The molecule has 2 aromatic rings. The Kier molecular flexibility index (Phi) is 4.40. The number of likely N-dealkylation sites (N-methyl/N-ethyl adjacent to an activating group) is 1. The first-order chi connectivity index (χ1) is 9.43. The molecule has 0 aliphatic heterocycles. The molecule has 0 aromatic carbocycles. The van der Waals surface area contributed by atoms with Crippen LogP contribution in [0.15, 0.2) is 6.07 Å². The molecule has 1 unspecified atom stereocenters. The maximum absolute atomic E-state index is 6.32. The van der Waals surface area contributed by atoms with Gasteiger partial charge in [0, 0.05) is 18.7 Å². The number of rotatable bonds is 4. The lowest BCUT2D eigenvalue weighted by molar-refractivity contribution is 0.580. The van der Waals surface area contributed by atoms with Crippen LogP contribution in [0, 0.1) is 20.8 Å². The van der Waals surface area contributed by atoms with Crippen molar-refractivity contribution in [3.8, 4) is 0 Å². The van der Waals surface area contributed by atoms with Crippen molar-refractivity contribution in [3.63, 3.8) is 0 Å². The second kappa shape index (κ2) is 5.89. The fourth-order valence-electron chi connectivity index (χ4n) is 2.40. The van der Waals surface area contributed by atoms with Crippen molar-refractivity contribution < 1.29 is 0 Å². The molecule has 0 aliphatic rings. The highest BCUT2D eigenvalue weighted by Crippen LogP contribution is 2.26. The lowest BCUT2D eigenvalue weighted by Crippen LogP contribution is -2.21. The number of halogens is 1. The Balaban J connectivity index is 2.36. The van der Waals surface area contributed by atoms with Crippen LogP contribution in [0.3, 0.4) is 0 Å². The SMILES string of the molecule is CNC(Cc1c(C)nn(C)c1Cl)c1cc(C)nnc1C. The third-order valence-corrected chi connectivity index (χ3v) is 4.01. The van der Waals surface area contributed by atoms with E-state index < -0.39 is 0 Å². The summed E-state index contributed by atoms with van der Waals surface area (Å²) >= 11 is 6.32. The molecule has 0 fully saturated rings. The van der Waals surface area contributed by atoms with Gasteiger partial charge in [0.05, 0.1) is 17.1 Å². The van der Waals surface area contributed by atoms with Crippen LogP contribution in [-0.4, -0.2) is 27.0 Å². The second-order valence-electron chi connectivity index (χ2n) is 5.05. The van der Waals surface area contributed by atoms with Crippen molar-refractivity contribution in [2.75, 3.05) is 7.05 Å². The molecule has 0 bridgehead atoms. The number of aromatic nitrogens is 4. The van der Waals surface area contributed by atoms with Crippen LogP contribution in [-0.2, 0) is 13.5 Å². The Hall–Kier alpha value is -1.46. The van der Waals surface area contributed by atoms with Crippen LogP contribution in [0.1, 0.15) is 34.3 Å². The maximum atomic E-state index is 6.32. The first-order valence-electron chi connectivity index (χ1n) is 6.60. The molecule has 20 heavy (non-hydrogen) atoms. The van der Waals surface area contributed by atoms with Crippen LogP contribution in [0.4, 0.5) is 0 Å². The zero-order valence-electron chi connectivity index (χ0n) is 12.5. The summed E-state index contributed by atoms with van der Waals surface area (Å²) in [6.07, 6.45) is 0.779. The lowest BCUT2D eigenvalue weighted by Gasteiger charge is -2.18. The van der Waals surface area contributed by atoms with Gasteiger partial charge in [-0.25, -0.2) is 0 Å². The van der Waals surface area contributed by atoms with E-state index in [1.54, 1.807) is 4.68 Å². The highest BCUT2D eigenvalue weighted by atomic mass is 35.5. The predicted molar refractivity (Wildman–Crippen MR) is 80.0 cm³/mol. The quantitative estimate of drug-likeness (QED) is 0.940. The summed E-state index contributed by atoms with van der Waals surface area (Å²) in [7, 11) is 3.80. The molecule has 1 atom stereocenters. The minimum absolute atomic E-state index is 0.143. The molecule has 0 amide bonds. The van der Waals surface area contributed by atoms with Crippen LogP contribution in [0.25, 0.3) is 0 Å². The molecule has 2 aromatic heterocycles. The van der Waals surface area contributed by atoms with Gasteiger partial charge >= 0.3 is 0 Å². The highest BCUT2D eigenvalue weighted by Gasteiger charge is 2.19. The molecule has 0 radical (unpaired) electrons. The average Bonchev–Trinajstić information content (AvgIpc) is 2.65. The van der Waals surface area contributed by atoms with Gasteiger partial charge in [-0.3, -0.25) is 4.68 Å². The van der Waals surface area contributed by atoms with Gasteiger partial charge in [0.15, 0.2) is 0 Å². The van der Waals surface area contributed by atoms with E-state index in [0.717, 1.165) is 34.6 Å². The zero-order chi connectivity index (χ0) is 14.9. The van der Waals surface area contributed by atoms with Crippen LogP contribution in [0.2, 0.25) is 5.15 Å². The monoisotopic (exact) mass is 293 g/mol. The summed E-state index contributed by atoms with van der Waals surface area (Å²) in [4.78, 5) is 0. The predicted octanol–water partition coefficient (Wildman–Crippen LogP) is 2.29. The third kappa shape index (κ3) is 2.83. The van der Waals surface area contributed by atoms with Crippen molar-refractivity contribution in [1.82, 2.24) is 25.3 Å². The van der Waals surface area contributed by atoms with Gasteiger partial charge < -0.3 is 5.32 Å². The molecule has 1 N–H and O–H groups in total. The number of nitrogens with one attached hydrogen (secondary N) is 1. The highest BCUT2D eigenvalue weighted by molar-refractivity contribution is 6.30. The van der Waals surface area contributed by atoms with Crippen molar-refractivity contribution in [1.29, 1.82) is 0 Å². The standard InChI is InChI=1S/C14H20ClN5/c1-8-6-11(9(2)18-17-8)13(16-4)7-12-10(3)19-20(5)14(12)15/h6,13,16H,7H2,1-5H3. The van der Waals surface area contributed by atoms with Gasteiger partial charge in [-0.2, -0.15) is 15.3 Å². The Morgan fingerprint density at radius 2 is 1.95 bits per heavy atom. The normalized spacial score (nSPS) is 12.7. The summed E-state index contributed by atoms with van der Waals surface area (Å²) in [6.45, 7) is 5.91. The summed E-state index contributed by atoms with van der Waals surface area (Å²) < 4.78 is 1.71. The number of aryl methyl sites for hydroxylation is 4. The molecule has 0 spiro atoms. The fraction of sp³-hybridized carbons (Fsp3) is 0.500. The largest absolute Gasteiger partial charge is 0.313 e. The van der Waals surface area contributed by atoms with Crippen molar-refractivity contribution >= 4 is 11.6 Å². The Morgan fingerprint density at radius 3 is 2.50 bits per heavy atom. The molecule has 2 rings (SSSR count). The first kappa shape index (κ1) is 14.9. The smallest absolute Gasteiger partial charge is 0.130 e. The second-order valence-corrected chi connectivity index (χ2v) is 5.41. The summed E-state index contributed by atoms with van der Waals surface area (Å²) in [5, 5.41) is 16.7. The minimum Gasteiger partial charge on any atom is -0.313 e. The molecule has 5 nitrogen and oxygen atoms in total.